The van der Waals surface area contributed by atoms with Crippen molar-refractivity contribution in [1.82, 2.24) is 0 Å². The van der Waals surface area contributed by atoms with Gasteiger partial charge >= 0.3 is 0 Å². The van der Waals surface area contributed by atoms with Crippen LogP contribution in [0.3, 0.4) is 0 Å². The fraction of sp³-hybridized carbons (Fsp3) is 0.538. The lowest BCUT2D eigenvalue weighted by Crippen LogP contribution is -2.18. The van der Waals surface area contributed by atoms with Gasteiger partial charge in [0, 0.05) is 11.0 Å². The summed E-state index contributed by atoms with van der Waals surface area (Å²) in [5, 5.41) is 9.79. The minimum atomic E-state index is -0.355. The van der Waals surface area contributed by atoms with Gasteiger partial charge in [-0.05, 0) is 24.1 Å². The quantitative estimate of drug-likeness (QED) is 0.806. The molecular weight excluding hydrogens is 188 g/mol. The number of hydrogen-bond acceptors (Lipinski definition) is 2. The molecule has 2 rings (SSSR count). The molecule has 1 aliphatic heterocycles. The molecule has 0 aromatic heterocycles. The van der Waals surface area contributed by atoms with E-state index in [1.807, 2.05) is 19.1 Å². The van der Waals surface area contributed by atoms with E-state index in [9.17, 15) is 5.11 Å². The summed E-state index contributed by atoms with van der Waals surface area (Å²) < 4.78 is 5.60. The maximum atomic E-state index is 9.79. The zero-order valence-electron chi connectivity index (χ0n) is 9.58. The molecule has 0 spiro atoms. The van der Waals surface area contributed by atoms with Crippen molar-refractivity contribution in [1.29, 1.82) is 0 Å². The molecule has 0 aliphatic carbocycles. The first kappa shape index (κ1) is 10.5. The van der Waals surface area contributed by atoms with Gasteiger partial charge in [-0.15, -0.1) is 0 Å². The second kappa shape index (κ2) is 3.53. The Labute approximate surface area is 90.9 Å². The third-order valence-electron chi connectivity index (χ3n) is 3.09. The SMILES string of the molecule is CC[C@@H](O)c1ccc2c(c1)C(C)(C)CO2. The first-order valence-corrected chi connectivity index (χ1v) is 5.50. The molecule has 1 aliphatic rings. The topological polar surface area (TPSA) is 29.5 Å². The number of hydrogen-bond donors (Lipinski definition) is 1. The molecule has 0 unspecified atom stereocenters. The highest BCUT2D eigenvalue weighted by Crippen LogP contribution is 2.39. The molecule has 1 heterocycles. The number of aliphatic hydroxyl groups is 1. The highest BCUT2D eigenvalue weighted by Gasteiger charge is 2.32. The highest BCUT2D eigenvalue weighted by molar-refractivity contribution is 5.45. The average molecular weight is 206 g/mol. The summed E-state index contributed by atoms with van der Waals surface area (Å²) in [7, 11) is 0. The minimum absolute atomic E-state index is 0.0683. The molecule has 1 aromatic carbocycles. The first-order valence-electron chi connectivity index (χ1n) is 5.50. The zero-order chi connectivity index (χ0) is 11.1. The van der Waals surface area contributed by atoms with E-state index in [0.29, 0.717) is 0 Å². The third kappa shape index (κ3) is 1.74. The molecule has 2 heteroatoms. The average Bonchev–Trinajstić information content (AvgIpc) is 2.53. The molecule has 0 saturated carbocycles. The fourth-order valence-electron chi connectivity index (χ4n) is 1.98. The molecular formula is C13H18O2. The number of ether oxygens (including phenoxy) is 1. The van der Waals surface area contributed by atoms with E-state index < -0.39 is 0 Å². The number of benzene rings is 1. The Morgan fingerprint density at radius 3 is 2.87 bits per heavy atom. The predicted molar refractivity (Wildman–Crippen MR) is 60.2 cm³/mol. The van der Waals surface area contributed by atoms with Gasteiger partial charge in [0.1, 0.15) is 5.75 Å². The summed E-state index contributed by atoms with van der Waals surface area (Å²) in [6.45, 7) is 7.05. The predicted octanol–water partition coefficient (Wildman–Crippen LogP) is 2.80. The first-order chi connectivity index (χ1) is 7.04. The Hall–Kier alpha value is -1.02. The van der Waals surface area contributed by atoms with E-state index >= 15 is 0 Å². The number of rotatable bonds is 2. The van der Waals surface area contributed by atoms with Gasteiger partial charge in [0.25, 0.3) is 0 Å². The van der Waals surface area contributed by atoms with E-state index in [4.69, 9.17) is 4.74 Å². The number of aliphatic hydroxyl groups excluding tert-OH is 1. The molecule has 0 radical (unpaired) electrons. The van der Waals surface area contributed by atoms with E-state index in [-0.39, 0.29) is 11.5 Å². The Morgan fingerprint density at radius 1 is 1.47 bits per heavy atom. The number of fused-ring (bicyclic) bond motifs is 1. The van der Waals surface area contributed by atoms with Crippen LogP contribution in [0.25, 0.3) is 0 Å². The lowest BCUT2D eigenvalue weighted by atomic mass is 9.85. The molecule has 1 N–H and O–H groups in total. The van der Waals surface area contributed by atoms with Crippen molar-refractivity contribution in [2.24, 2.45) is 0 Å². The molecule has 1 aromatic rings. The summed E-state index contributed by atoms with van der Waals surface area (Å²) in [6, 6.07) is 6.00. The Balaban J connectivity index is 2.41. The van der Waals surface area contributed by atoms with Gasteiger partial charge in [0.2, 0.25) is 0 Å². The molecule has 15 heavy (non-hydrogen) atoms. The van der Waals surface area contributed by atoms with E-state index in [2.05, 4.69) is 19.9 Å². The van der Waals surface area contributed by atoms with Crippen molar-refractivity contribution < 1.29 is 9.84 Å². The monoisotopic (exact) mass is 206 g/mol. The summed E-state index contributed by atoms with van der Waals surface area (Å²) in [5.41, 5.74) is 2.28. The maximum absolute atomic E-state index is 9.79. The smallest absolute Gasteiger partial charge is 0.123 e. The Kier molecular flexibility index (Phi) is 2.47. The van der Waals surface area contributed by atoms with Crippen LogP contribution in [0, 0.1) is 0 Å². The van der Waals surface area contributed by atoms with Crippen LogP contribution in [-0.4, -0.2) is 11.7 Å². The lowest BCUT2D eigenvalue weighted by molar-refractivity contribution is 0.173. The normalized spacial score (nSPS) is 19.5. The van der Waals surface area contributed by atoms with Gasteiger partial charge in [-0.25, -0.2) is 0 Å². The van der Waals surface area contributed by atoms with Gasteiger partial charge < -0.3 is 9.84 Å². The largest absolute Gasteiger partial charge is 0.492 e. The molecule has 0 saturated heterocycles. The molecule has 0 fully saturated rings. The van der Waals surface area contributed by atoms with Gasteiger partial charge in [-0.1, -0.05) is 26.8 Å². The van der Waals surface area contributed by atoms with Crippen molar-refractivity contribution in [2.45, 2.75) is 38.7 Å². The molecule has 0 amide bonds. The van der Waals surface area contributed by atoms with Crippen LogP contribution in [0.5, 0.6) is 5.75 Å². The fourth-order valence-corrected chi connectivity index (χ4v) is 1.98. The van der Waals surface area contributed by atoms with Crippen LogP contribution in [-0.2, 0) is 5.41 Å². The Bertz CT molecular complexity index is 369. The van der Waals surface area contributed by atoms with Crippen LogP contribution >= 0.6 is 0 Å². The molecule has 2 nitrogen and oxygen atoms in total. The van der Waals surface area contributed by atoms with E-state index in [1.165, 1.54) is 5.56 Å². The van der Waals surface area contributed by atoms with Gasteiger partial charge in [0.05, 0.1) is 12.7 Å². The van der Waals surface area contributed by atoms with Crippen LogP contribution in [0.15, 0.2) is 18.2 Å². The summed E-state index contributed by atoms with van der Waals surface area (Å²) in [6.07, 6.45) is 0.395. The van der Waals surface area contributed by atoms with Gasteiger partial charge in [-0.3, -0.25) is 0 Å². The summed E-state index contributed by atoms with van der Waals surface area (Å²) in [5.74, 6) is 0.965. The van der Waals surface area contributed by atoms with Gasteiger partial charge in [0.15, 0.2) is 0 Å². The van der Waals surface area contributed by atoms with Crippen LogP contribution < -0.4 is 4.74 Å². The second-order valence-corrected chi connectivity index (χ2v) is 4.85. The van der Waals surface area contributed by atoms with Crippen molar-refractivity contribution >= 4 is 0 Å². The maximum Gasteiger partial charge on any atom is 0.123 e. The lowest BCUT2D eigenvalue weighted by Gasteiger charge is -2.17. The van der Waals surface area contributed by atoms with Crippen molar-refractivity contribution in [3.63, 3.8) is 0 Å². The second-order valence-electron chi connectivity index (χ2n) is 4.85. The summed E-state index contributed by atoms with van der Waals surface area (Å²) >= 11 is 0. The van der Waals surface area contributed by atoms with Crippen molar-refractivity contribution in [3.05, 3.63) is 29.3 Å². The van der Waals surface area contributed by atoms with Crippen molar-refractivity contribution in [2.75, 3.05) is 6.61 Å². The molecule has 1 atom stereocenters. The van der Waals surface area contributed by atoms with Crippen LogP contribution in [0.1, 0.15) is 44.4 Å². The highest BCUT2D eigenvalue weighted by atomic mass is 16.5. The molecule has 0 bridgehead atoms. The molecule has 82 valence electrons. The minimum Gasteiger partial charge on any atom is -0.492 e. The third-order valence-corrected chi connectivity index (χ3v) is 3.09. The van der Waals surface area contributed by atoms with Crippen LogP contribution in [0.4, 0.5) is 0 Å². The Morgan fingerprint density at radius 2 is 2.20 bits per heavy atom. The van der Waals surface area contributed by atoms with Crippen LogP contribution in [0.2, 0.25) is 0 Å². The summed E-state index contributed by atoms with van der Waals surface area (Å²) in [4.78, 5) is 0. The van der Waals surface area contributed by atoms with Crippen molar-refractivity contribution in [3.8, 4) is 5.75 Å². The zero-order valence-corrected chi connectivity index (χ0v) is 9.58. The standard InChI is InChI=1S/C13H18O2/c1-4-11(14)9-5-6-12-10(7-9)13(2,3)8-15-12/h5-7,11,14H,4,8H2,1-3H3/t11-/m1/s1. The van der Waals surface area contributed by atoms with E-state index in [1.54, 1.807) is 0 Å². The van der Waals surface area contributed by atoms with E-state index in [0.717, 1.165) is 24.3 Å². The van der Waals surface area contributed by atoms with Gasteiger partial charge in [-0.2, -0.15) is 0 Å².